The summed E-state index contributed by atoms with van der Waals surface area (Å²) in [5, 5.41) is 44.1. The Bertz CT molecular complexity index is 698. The molecule has 1 amide bonds. The van der Waals surface area contributed by atoms with Crippen LogP contribution in [0.15, 0.2) is 12.1 Å². The molecule has 0 spiro atoms. The van der Waals surface area contributed by atoms with E-state index in [9.17, 15) is 30.1 Å². The second kappa shape index (κ2) is 11.1. The van der Waals surface area contributed by atoms with Crippen LogP contribution in [-0.2, 0) is 0 Å². The van der Waals surface area contributed by atoms with E-state index in [0.29, 0.717) is 23.7 Å². The summed E-state index contributed by atoms with van der Waals surface area (Å²) in [6.07, 6.45) is -1.23. The molecule has 11 nitrogen and oxygen atoms in total. The summed E-state index contributed by atoms with van der Waals surface area (Å²) in [5.74, 6) is -0.886. The number of hydrogen-bond donors (Lipinski definition) is 3. The Labute approximate surface area is 170 Å². The van der Waals surface area contributed by atoms with Crippen molar-refractivity contribution in [2.75, 3.05) is 41.8 Å². The van der Waals surface area contributed by atoms with Crippen molar-refractivity contribution < 1.29 is 24.9 Å². The van der Waals surface area contributed by atoms with Gasteiger partial charge < -0.3 is 20.4 Å². The topological polar surface area (TPSA) is 159 Å². The highest BCUT2D eigenvalue weighted by atomic mass is 79.9. The minimum Gasteiger partial charge on any atom is -0.394 e. The fourth-order valence-electron chi connectivity index (χ4n) is 2.23. The Morgan fingerprint density at radius 1 is 1.15 bits per heavy atom. The quantitative estimate of drug-likeness (QED) is 0.226. The van der Waals surface area contributed by atoms with Crippen molar-refractivity contribution in [3.63, 3.8) is 0 Å². The van der Waals surface area contributed by atoms with Crippen molar-refractivity contribution in [3.8, 4) is 0 Å². The molecule has 13 heteroatoms. The van der Waals surface area contributed by atoms with Crippen LogP contribution in [0.2, 0.25) is 0 Å². The summed E-state index contributed by atoms with van der Waals surface area (Å²) in [7, 11) is 0. The number of rotatable bonds is 11. The van der Waals surface area contributed by atoms with Gasteiger partial charge in [0.15, 0.2) is 0 Å². The molecule has 1 aromatic rings. The van der Waals surface area contributed by atoms with E-state index in [1.54, 1.807) is 4.90 Å². The lowest BCUT2D eigenvalue weighted by Gasteiger charge is -2.23. The first-order chi connectivity index (χ1) is 12.8. The van der Waals surface area contributed by atoms with E-state index in [-0.39, 0.29) is 17.8 Å². The number of carbonyl (C=O) groups is 1. The molecule has 0 aliphatic heterocycles. The van der Waals surface area contributed by atoms with Crippen LogP contribution in [0.3, 0.4) is 0 Å². The van der Waals surface area contributed by atoms with Gasteiger partial charge in [-0.2, -0.15) is 0 Å². The first-order valence-corrected chi connectivity index (χ1v) is 9.91. The number of anilines is 1. The summed E-state index contributed by atoms with van der Waals surface area (Å²) >= 11 is 6.49. The zero-order chi connectivity index (χ0) is 20.6. The highest BCUT2D eigenvalue weighted by Crippen LogP contribution is 2.35. The minimum absolute atomic E-state index is 0.0670. The predicted octanol–water partition coefficient (Wildman–Crippen LogP) is 1.18. The number of amides is 1. The second-order valence-corrected chi connectivity index (χ2v) is 6.87. The normalized spacial score (nSPS) is 11.7. The van der Waals surface area contributed by atoms with Crippen molar-refractivity contribution in [2.24, 2.45) is 0 Å². The van der Waals surface area contributed by atoms with E-state index in [1.807, 2.05) is 0 Å². The molecule has 0 saturated heterocycles. The van der Waals surface area contributed by atoms with Gasteiger partial charge in [-0.3, -0.25) is 25.0 Å². The molecular weight excluding hydrogens is 496 g/mol. The van der Waals surface area contributed by atoms with Gasteiger partial charge in [-0.25, -0.2) is 0 Å². The molecule has 0 heterocycles. The molecule has 0 aliphatic carbocycles. The zero-order valence-corrected chi connectivity index (χ0v) is 17.2. The number of nitrogens with zero attached hydrogens (tertiary/aromatic N) is 3. The molecule has 0 aromatic heterocycles. The molecule has 27 heavy (non-hydrogen) atoms. The molecule has 1 aromatic carbocycles. The lowest BCUT2D eigenvalue weighted by atomic mass is 10.1. The van der Waals surface area contributed by atoms with E-state index < -0.39 is 39.8 Å². The van der Waals surface area contributed by atoms with Gasteiger partial charge in [-0.05, 0) is 6.07 Å². The van der Waals surface area contributed by atoms with E-state index >= 15 is 0 Å². The molecule has 0 aliphatic rings. The first kappa shape index (κ1) is 23.2. The maximum atomic E-state index is 12.3. The van der Waals surface area contributed by atoms with Gasteiger partial charge in [0.2, 0.25) is 0 Å². The average Bonchev–Trinajstić information content (AvgIpc) is 2.64. The monoisotopic (exact) mass is 512 g/mol. The highest BCUT2D eigenvalue weighted by Gasteiger charge is 2.30. The van der Waals surface area contributed by atoms with Crippen molar-refractivity contribution >= 4 is 54.8 Å². The zero-order valence-electron chi connectivity index (χ0n) is 14.0. The Balaban J connectivity index is 3.47. The third kappa shape index (κ3) is 6.37. The molecule has 1 rings (SSSR count). The van der Waals surface area contributed by atoms with Crippen LogP contribution in [0.5, 0.6) is 0 Å². The van der Waals surface area contributed by atoms with Crippen molar-refractivity contribution in [3.05, 3.63) is 37.9 Å². The Kier molecular flexibility index (Phi) is 9.55. The predicted molar refractivity (Wildman–Crippen MR) is 105 cm³/mol. The number of hydrogen-bond acceptors (Lipinski definition) is 8. The highest BCUT2D eigenvalue weighted by molar-refractivity contribution is 9.09. The third-order valence-corrected chi connectivity index (χ3v) is 4.20. The lowest BCUT2D eigenvalue weighted by molar-refractivity contribution is -0.393. The Morgan fingerprint density at radius 3 is 2.15 bits per heavy atom. The van der Waals surface area contributed by atoms with Gasteiger partial charge in [0.05, 0.1) is 28.6 Å². The number of aliphatic hydroxyl groups excluding tert-OH is 2. The van der Waals surface area contributed by atoms with E-state index in [0.717, 1.165) is 12.1 Å². The molecular formula is C14H18Br2N4O7. The van der Waals surface area contributed by atoms with E-state index in [1.165, 1.54) is 0 Å². The molecule has 1 atom stereocenters. The standard InChI is InChI=1S/C14H18Br2N4O7/c15-1-3-18(4-2-16)12-5-10(14(23)17-7-9(22)8-21)11(19(24)25)6-13(12)20(26)27/h5-6,9,21-22H,1-4,7-8H2,(H,17,23)/t9-/m0/s1. The van der Waals surface area contributed by atoms with Gasteiger partial charge >= 0.3 is 0 Å². The number of nitro groups is 2. The lowest BCUT2D eigenvalue weighted by Crippen LogP contribution is -2.34. The maximum Gasteiger partial charge on any atom is 0.299 e. The van der Waals surface area contributed by atoms with Crippen LogP contribution in [0.4, 0.5) is 17.1 Å². The van der Waals surface area contributed by atoms with Gasteiger partial charge in [-0.1, -0.05) is 31.9 Å². The van der Waals surface area contributed by atoms with E-state index in [2.05, 4.69) is 37.2 Å². The molecule has 0 radical (unpaired) electrons. The number of nitrogens with one attached hydrogen (secondary N) is 1. The van der Waals surface area contributed by atoms with Crippen molar-refractivity contribution in [1.29, 1.82) is 0 Å². The molecule has 150 valence electrons. The average molecular weight is 514 g/mol. The van der Waals surface area contributed by atoms with Gasteiger partial charge in [-0.15, -0.1) is 0 Å². The number of halogens is 2. The second-order valence-electron chi connectivity index (χ2n) is 5.28. The third-order valence-electron chi connectivity index (χ3n) is 3.49. The number of aliphatic hydroxyl groups is 2. The fourth-order valence-corrected chi connectivity index (χ4v) is 3.08. The Morgan fingerprint density at radius 2 is 1.70 bits per heavy atom. The van der Waals surface area contributed by atoms with Crippen LogP contribution in [0.1, 0.15) is 10.4 Å². The number of benzene rings is 1. The molecule has 0 fully saturated rings. The first-order valence-electron chi connectivity index (χ1n) is 7.67. The van der Waals surface area contributed by atoms with Crippen LogP contribution < -0.4 is 10.2 Å². The number of alkyl halides is 2. The largest absolute Gasteiger partial charge is 0.394 e. The number of carbonyl (C=O) groups excluding carboxylic acids is 1. The van der Waals surface area contributed by atoms with Crippen LogP contribution in [0.25, 0.3) is 0 Å². The minimum atomic E-state index is -1.23. The van der Waals surface area contributed by atoms with Crippen molar-refractivity contribution in [2.45, 2.75) is 6.10 Å². The van der Waals surface area contributed by atoms with Gasteiger partial charge in [0.1, 0.15) is 11.3 Å². The molecule has 0 bridgehead atoms. The van der Waals surface area contributed by atoms with Crippen LogP contribution in [0, 0.1) is 20.2 Å². The Hall–Kier alpha value is -1.83. The maximum absolute atomic E-state index is 12.3. The van der Waals surface area contributed by atoms with Gasteiger partial charge in [0.25, 0.3) is 17.3 Å². The smallest absolute Gasteiger partial charge is 0.299 e. The van der Waals surface area contributed by atoms with Gasteiger partial charge in [0, 0.05) is 30.3 Å². The molecule has 0 unspecified atom stereocenters. The summed E-state index contributed by atoms with van der Waals surface area (Å²) in [5.41, 5.74) is -1.52. The summed E-state index contributed by atoms with van der Waals surface area (Å²) in [6, 6.07) is 1.85. The summed E-state index contributed by atoms with van der Waals surface area (Å²) in [4.78, 5) is 35.1. The van der Waals surface area contributed by atoms with Crippen LogP contribution in [-0.4, -0.2) is 69.0 Å². The SMILES string of the molecule is O=C(NC[C@H](O)CO)c1cc(N(CCBr)CCBr)c([N+](=O)[O-])cc1[N+](=O)[O-]. The van der Waals surface area contributed by atoms with Crippen molar-refractivity contribution in [1.82, 2.24) is 5.32 Å². The van der Waals surface area contributed by atoms with Crippen LogP contribution >= 0.6 is 31.9 Å². The summed E-state index contributed by atoms with van der Waals surface area (Å²) in [6.45, 7) is -0.188. The number of nitro benzene ring substituents is 2. The summed E-state index contributed by atoms with van der Waals surface area (Å²) < 4.78 is 0. The van der Waals surface area contributed by atoms with E-state index in [4.69, 9.17) is 5.11 Å². The molecule has 0 saturated carbocycles. The fraction of sp³-hybridized carbons (Fsp3) is 0.500. The molecule has 3 N–H and O–H groups in total.